The summed E-state index contributed by atoms with van der Waals surface area (Å²) in [5.41, 5.74) is 1.53. The summed E-state index contributed by atoms with van der Waals surface area (Å²) in [5.74, 6) is 1.72. The second-order valence-corrected chi connectivity index (χ2v) is 6.51. The van der Waals surface area contributed by atoms with Gasteiger partial charge in [0.1, 0.15) is 16.9 Å². The quantitative estimate of drug-likeness (QED) is 0.803. The average Bonchev–Trinajstić information content (AvgIpc) is 3.18. The van der Waals surface area contributed by atoms with E-state index in [1.165, 1.54) is 0 Å². The minimum atomic E-state index is -0.450. The lowest BCUT2D eigenvalue weighted by atomic mass is 9.67. The molecule has 2 aromatic rings. The highest BCUT2D eigenvalue weighted by atomic mass is 16.5. The molecular formula is C20H21NO4. The van der Waals surface area contributed by atoms with Crippen LogP contribution in [0.15, 0.2) is 48.5 Å². The van der Waals surface area contributed by atoms with Gasteiger partial charge in [-0.15, -0.1) is 0 Å². The maximum atomic E-state index is 13.0. The zero-order valence-electron chi connectivity index (χ0n) is 14.4. The maximum Gasteiger partial charge on any atom is 0.238 e. The largest absolute Gasteiger partial charge is 0.497 e. The molecule has 25 heavy (non-hydrogen) atoms. The fourth-order valence-electron chi connectivity index (χ4n) is 3.88. The molecule has 2 fully saturated rings. The monoisotopic (exact) mass is 339 g/mol. The van der Waals surface area contributed by atoms with E-state index in [0.29, 0.717) is 13.2 Å². The second-order valence-electron chi connectivity index (χ2n) is 6.51. The molecule has 2 aliphatic rings. The zero-order chi connectivity index (χ0) is 17.4. The Hall–Kier alpha value is -2.53. The maximum absolute atomic E-state index is 13.0. The number of hydrogen-bond donors (Lipinski definition) is 0. The van der Waals surface area contributed by atoms with Gasteiger partial charge in [0.15, 0.2) is 0 Å². The number of methoxy groups -OCH3 is 2. The first-order valence-electron chi connectivity index (χ1n) is 8.39. The van der Waals surface area contributed by atoms with Gasteiger partial charge in [0.2, 0.25) is 5.91 Å². The first kappa shape index (κ1) is 16.0. The Bertz CT molecular complexity index is 763. The molecule has 0 saturated carbocycles. The Balaban J connectivity index is 1.72. The van der Waals surface area contributed by atoms with Gasteiger partial charge in [-0.3, -0.25) is 4.79 Å². The number of carbonyl (C=O) groups is 1. The van der Waals surface area contributed by atoms with Crippen LogP contribution in [-0.4, -0.2) is 33.3 Å². The molecule has 0 bridgehead atoms. The van der Waals surface area contributed by atoms with Gasteiger partial charge >= 0.3 is 0 Å². The number of hydrogen-bond acceptors (Lipinski definition) is 4. The summed E-state index contributed by atoms with van der Waals surface area (Å²) in [5, 5.41) is 0. The number of nitrogens with zero attached hydrogens (tertiary/aromatic N) is 1. The average molecular weight is 339 g/mol. The Morgan fingerprint density at radius 2 is 1.60 bits per heavy atom. The highest BCUT2D eigenvalue weighted by molar-refractivity contribution is 6.06. The summed E-state index contributed by atoms with van der Waals surface area (Å²) in [7, 11) is 3.28. The van der Waals surface area contributed by atoms with E-state index in [2.05, 4.69) is 0 Å². The molecule has 2 atom stereocenters. The highest BCUT2D eigenvalue weighted by Gasteiger charge is 2.63. The van der Waals surface area contributed by atoms with Crippen LogP contribution in [0.25, 0.3) is 0 Å². The Morgan fingerprint density at radius 1 is 1.00 bits per heavy atom. The number of carbonyl (C=O) groups excluding carboxylic acids is 1. The number of rotatable bonds is 4. The normalized spacial score (nSPS) is 25.1. The van der Waals surface area contributed by atoms with Gasteiger partial charge in [0.05, 0.1) is 26.9 Å². The molecule has 0 N–H and O–H groups in total. The Kier molecular flexibility index (Phi) is 3.88. The van der Waals surface area contributed by atoms with Crippen molar-refractivity contribution >= 4 is 11.6 Å². The van der Waals surface area contributed by atoms with Crippen molar-refractivity contribution in [3.63, 3.8) is 0 Å². The van der Waals surface area contributed by atoms with Crippen molar-refractivity contribution in [2.75, 3.05) is 32.3 Å². The van der Waals surface area contributed by atoms with E-state index in [1.54, 1.807) is 14.2 Å². The van der Waals surface area contributed by atoms with Crippen LogP contribution in [-0.2, 0) is 9.53 Å². The van der Waals surface area contributed by atoms with Crippen LogP contribution in [0.1, 0.15) is 18.0 Å². The van der Waals surface area contributed by atoms with Gasteiger partial charge < -0.3 is 19.1 Å². The number of benzene rings is 2. The van der Waals surface area contributed by atoms with Gasteiger partial charge in [-0.05, 0) is 48.4 Å². The summed E-state index contributed by atoms with van der Waals surface area (Å²) < 4.78 is 16.1. The molecule has 2 saturated heterocycles. The molecule has 130 valence electrons. The van der Waals surface area contributed by atoms with Gasteiger partial charge in [0, 0.05) is 12.3 Å². The molecule has 0 unspecified atom stereocenters. The summed E-state index contributed by atoms with van der Waals surface area (Å²) in [6.07, 6.45) is 0.759. The van der Waals surface area contributed by atoms with Crippen LogP contribution in [0.3, 0.4) is 0 Å². The van der Waals surface area contributed by atoms with Gasteiger partial charge in [-0.1, -0.05) is 12.1 Å². The van der Waals surface area contributed by atoms with Crippen molar-refractivity contribution in [2.24, 2.45) is 5.41 Å². The van der Waals surface area contributed by atoms with Crippen LogP contribution in [0, 0.1) is 5.41 Å². The minimum Gasteiger partial charge on any atom is -0.497 e. The molecule has 2 aromatic carbocycles. The molecule has 2 heterocycles. The van der Waals surface area contributed by atoms with Crippen LogP contribution in [0.2, 0.25) is 0 Å². The lowest BCUT2D eigenvalue weighted by molar-refractivity contribution is -0.140. The van der Waals surface area contributed by atoms with E-state index in [9.17, 15) is 4.79 Å². The third kappa shape index (κ3) is 2.38. The van der Waals surface area contributed by atoms with Crippen LogP contribution in [0.4, 0.5) is 5.69 Å². The van der Waals surface area contributed by atoms with E-state index in [-0.39, 0.29) is 11.9 Å². The van der Waals surface area contributed by atoms with Crippen molar-refractivity contribution in [3.05, 3.63) is 54.1 Å². The van der Waals surface area contributed by atoms with E-state index >= 15 is 0 Å². The van der Waals surface area contributed by atoms with E-state index in [0.717, 1.165) is 29.2 Å². The topological polar surface area (TPSA) is 48.0 Å². The molecule has 5 nitrogen and oxygen atoms in total. The van der Waals surface area contributed by atoms with E-state index in [1.807, 2.05) is 53.4 Å². The third-order valence-electron chi connectivity index (χ3n) is 5.26. The number of anilines is 1. The fraction of sp³-hybridized carbons (Fsp3) is 0.350. The minimum absolute atomic E-state index is 0.0261. The smallest absolute Gasteiger partial charge is 0.238 e. The Labute approximate surface area is 147 Å². The molecule has 0 aromatic heterocycles. The standard InChI is InChI=1S/C20H21NO4/c1-23-16-7-3-14(4-8-16)18-20(11-12-25-13-20)19(22)21(18)15-5-9-17(24-2)10-6-15/h3-10,18H,11-13H2,1-2H3/t18-,20+/m0/s1. The molecule has 4 rings (SSSR count). The van der Waals surface area contributed by atoms with Crippen molar-refractivity contribution < 1.29 is 19.0 Å². The summed E-state index contributed by atoms with van der Waals surface area (Å²) in [6.45, 7) is 1.12. The number of amides is 1. The van der Waals surface area contributed by atoms with E-state index < -0.39 is 5.41 Å². The van der Waals surface area contributed by atoms with Gasteiger partial charge in [0.25, 0.3) is 0 Å². The molecule has 1 spiro atoms. The zero-order valence-corrected chi connectivity index (χ0v) is 14.4. The van der Waals surface area contributed by atoms with Crippen LogP contribution >= 0.6 is 0 Å². The number of β-lactam (4-membered cyclic amide) rings is 1. The predicted octanol–water partition coefficient (Wildman–Crippen LogP) is 3.20. The van der Waals surface area contributed by atoms with Crippen molar-refractivity contribution in [1.82, 2.24) is 0 Å². The third-order valence-corrected chi connectivity index (χ3v) is 5.26. The SMILES string of the molecule is COc1ccc([C@@H]2N(c3ccc(OC)cc3)C(=O)[C@@]23CCOC3)cc1. The highest BCUT2D eigenvalue weighted by Crippen LogP contribution is 2.56. The summed E-state index contributed by atoms with van der Waals surface area (Å²) in [4.78, 5) is 14.9. The molecular weight excluding hydrogens is 318 g/mol. The predicted molar refractivity (Wildman–Crippen MR) is 94.1 cm³/mol. The lowest BCUT2D eigenvalue weighted by Gasteiger charge is -2.54. The Morgan fingerprint density at radius 3 is 2.12 bits per heavy atom. The van der Waals surface area contributed by atoms with Crippen molar-refractivity contribution in [2.45, 2.75) is 12.5 Å². The second kappa shape index (κ2) is 6.08. The van der Waals surface area contributed by atoms with Crippen molar-refractivity contribution in [3.8, 4) is 11.5 Å². The molecule has 0 radical (unpaired) electrons. The summed E-state index contributed by atoms with van der Waals surface area (Å²) >= 11 is 0. The number of ether oxygens (including phenoxy) is 3. The van der Waals surface area contributed by atoms with Gasteiger partial charge in [-0.2, -0.15) is 0 Å². The molecule has 2 aliphatic heterocycles. The van der Waals surface area contributed by atoms with Gasteiger partial charge in [-0.25, -0.2) is 0 Å². The first-order valence-corrected chi connectivity index (χ1v) is 8.39. The lowest BCUT2D eigenvalue weighted by Crippen LogP contribution is -2.64. The summed E-state index contributed by atoms with van der Waals surface area (Å²) in [6, 6.07) is 15.5. The van der Waals surface area contributed by atoms with Crippen LogP contribution in [0.5, 0.6) is 11.5 Å². The molecule has 0 aliphatic carbocycles. The molecule has 5 heteroatoms. The molecule has 1 amide bonds. The van der Waals surface area contributed by atoms with Crippen molar-refractivity contribution in [1.29, 1.82) is 0 Å². The van der Waals surface area contributed by atoms with E-state index in [4.69, 9.17) is 14.2 Å². The fourth-order valence-corrected chi connectivity index (χ4v) is 3.88. The van der Waals surface area contributed by atoms with Crippen LogP contribution < -0.4 is 14.4 Å². The first-order chi connectivity index (χ1) is 12.2.